The van der Waals surface area contributed by atoms with Crippen molar-refractivity contribution >= 4 is 11.9 Å². The molecule has 1 amide bonds. The quantitative estimate of drug-likeness (QED) is 0.614. The largest absolute Gasteiger partial charge is 0.479 e. The van der Waals surface area contributed by atoms with Crippen molar-refractivity contribution in [3.8, 4) is 0 Å². The Morgan fingerprint density at radius 2 is 2.05 bits per heavy atom. The molecule has 1 aliphatic carbocycles. The first-order valence-corrected chi connectivity index (χ1v) is 6.80. The van der Waals surface area contributed by atoms with Gasteiger partial charge in [0, 0.05) is 5.69 Å². The molecule has 1 heterocycles. The number of pyridine rings is 1. The molecule has 0 spiro atoms. The number of H-pyrrole nitrogens is 1. The fraction of sp³-hybridized carbons (Fsp3) is 0.500. The van der Waals surface area contributed by atoms with Gasteiger partial charge in [0.25, 0.3) is 11.5 Å². The number of carbonyl (C=O) groups is 2. The Morgan fingerprint density at radius 1 is 1.38 bits per heavy atom. The van der Waals surface area contributed by atoms with E-state index in [0.29, 0.717) is 0 Å². The van der Waals surface area contributed by atoms with Gasteiger partial charge in [-0.05, 0) is 44.2 Å². The van der Waals surface area contributed by atoms with Gasteiger partial charge in [-0.1, -0.05) is 0 Å². The molecule has 0 fully saturated rings. The standard InChI is InChI=1S/C14H18N2O5/c1-14(21,13(19)20)7-15-11(17)9-6-8-4-2-3-5-10(8)16-12(9)18/h6,21H,2-5,7H2,1H3,(H,15,17)(H,16,18)(H,19,20). The van der Waals surface area contributed by atoms with Crippen LogP contribution in [0.4, 0.5) is 0 Å². The molecule has 4 N–H and O–H groups in total. The molecule has 0 bridgehead atoms. The number of hydrogen-bond donors (Lipinski definition) is 4. The van der Waals surface area contributed by atoms with E-state index < -0.39 is 29.6 Å². The van der Waals surface area contributed by atoms with E-state index >= 15 is 0 Å². The summed E-state index contributed by atoms with van der Waals surface area (Å²) in [4.78, 5) is 37.3. The maximum Gasteiger partial charge on any atom is 0.337 e. The molecule has 114 valence electrons. The number of carboxylic acid groups (broad SMARTS) is 1. The van der Waals surface area contributed by atoms with Gasteiger partial charge in [0.15, 0.2) is 5.60 Å². The Balaban J connectivity index is 2.16. The van der Waals surface area contributed by atoms with Crippen LogP contribution >= 0.6 is 0 Å². The smallest absolute Gasteiger partial charge is 0.337 e. The Morgan fingerprint density at radius 3 is 2.71 bits per heavy atom. The lowest BCUT2D eigenvalue weighted by Crippen LogP contribution is -2.47. The molecule has 7 nitrogen and oxygen atoms in total. The molecule has 21 heavy (non-hydrogen) atoms. The first-order valence-electron chi connectivity index (χ1n) is 6.80. The molecule has 0 saturated heterocycles. The molecule has 1 aromatic heterocycles. The van der Waals surface area contributed by atoms with E-state index in [1.54, 1.807) is 6.07 Å². The molecule has 1 aromatic rings. The second kappa shape index (κ2) is 5.69. The topological polar surface area (TPSA) is 119 Å². The van der Waals surface area contributed by atoms with Crippen molar-refractivity contribution in [2.75, 3.05) is 6.54 Å². The number of amides is 1. The number of aliphatic carboxylic acids is 1. The summed E-state index contributed by atoms with van der Waals surface area (Å²) in [6.07, 6.45) is 3.61. The number of aliphatic hydroxyl groups is 1. The molecule has 0 aliphatic heterocycles. The first-order chi connectivity index (χ1) is 9.81. The highest BCUT2D eigenvalue weighted by Gasteiger charge is 2.30. The van der Waals surface area contributed by atoms with Crippen molar-refractivity contribution in [3.05, 3.63) is 33.2 Å². The number of aromatic nitrogens is 1. The van der Waals surface area contributed by atoms with E-state index in [1.807, 2.05) is 0 Å². The van der Waals surface area contributed by atoms with Crippen molar-refractivity contribution in [1.29, 1.82) is 0 Å². The highest BCUT2D eigenvalue weighted by molar-refractivity contribution is 5.94. The van der Waals surface area contributed by atoms with E-state index in [0.717, 1.165) is 43.9 Å². The maximum absolute atomic E-state index is 12.0. The SMILES string of the molecule is CC(O)(CNC(=O)c1cc2c([nH]c1=O)CCCC2)C(=O)O. The minimum Gasteiger partial charge on any atom is -0.479 e. The van der Waals surface area contributed by atoms with Gasteiger partial charge in [0.1, 0.15) is 5.56 Å². The van der Waals surface area contributed by atoms with E-state index in [1.165, 1.54) is 0 Å². The van der Waals surface area contributed by atoms with E-state index in [9.17, 15) is 19.5 Å². The van der Waals surface area contributed by atoms with Crippen LogP contribution < -0.4 is 10.9 Å². The Labute approximate surface area is 121 Å². The lowest BCUT2D eigenvalue weighted by Gasteiger charge is -2.19. The average Bonchev–Trinajstić information content (AvgIpc) is 2.44. The molecule has 0 aromatic carbocycles. The van der Waals surface area contributed by atoms with Crippen molar-refractivity contribution in [3.63, 3.8) is 0 Å². The van der Waals surface area contributed by atoms with Crippen LogP contribution in [0.5, 0.6) is 0 Å². The van der Waals surface area contributed by atoms with Gasteiger partial charge in [-0.3, -0.25) is 9.59 Å². The molecule has 0 radical (unpaired) electrons. The molecular formula is C14H18N2O5. The number of fused-ring (bicyclic) bond motifs is 1. The highest BCUT2D eigenvalue weighted by Crippen LogP contribution is 2.18. The summed E-state index contributed by atoms with van der Waals surface area (Å²) in [5, 5.41) is 20.6. The third-order valence-electron chi connectivity index (χ3n) is 3.64. The van der Waals surface area contributed by atoms with Crippen LogP contribution in [0.3, 0.4) is 0 Å². The van der Waals surface area contributed by atoms with Crippen LogP contribution in [-0.2, 0) is 17.6 Å². The summed E-state index contributed by atoms with van der Waals surface area (Å²) in [5.41, 5.74) is -0.826. The van der Waals surface area contributed by atoms with Gasteiger partial charge < -0.3 is 20.5 Å². The number of aromatic amines is 1. The van der Waals surface area contributed by atoms with Crippen LogP contribution in [-0.4, -0.2) is 39.2 Å². The third-order valence-corrected chi connectivity index (χ3v) is 3.64. The van der Waals surface area contributed by atoms with Crippen molar-refractivity contribution < 1.29 is 19.8 Å². The van der Waals surface area contributed by atoms with Crippen molar-refractivity contribution in [2.24, 2.45) is 0 Å². The zero-order chi connectivity index (χ0) is 15.6. The fourth-order valence-corrected chi connectivity index (χ4v) is 2.27. The molecule has 7 heteroatoms. The van der Waals surface area contributed by atoms with Gasteiger partial charge in [-0.15, -0.1) is 0 Å². The number of aryl methyl sites for hydroxylation is 2. The van der Waals surface area contributed by atoms with Gasteiger partial charge in [-0.2, -0.15) is 0 Å². The zero-order valence-corrected chi connectivity index (χ0v) is 11.7. The van der Waals surface area contributed by atoms with Gasteiger partial charge in [0.05, 0.1) is 6.54 Å². The normalized spacial score (nSPS) is 16.7. The minimum atomic E-state index is -2.07. The lowest BCUT2D eigenvalue weighted by molar-refractivity contribution is -0.155. The fourth-order valence-electron chi connectivity index (χ4n) is 2.27. The summed E-state index contributed by atoms with van der Waals surface area (Å²) in [6, 6.07) is 1.55. The Bertz CT molecular complexity index is 633. The zero-order valence-electron chi connectivity index (χ0n) is 11.7. The molecule has 1 aliphatic rings. The predicted octanol–water partition coefficient (Wildman–Crippen LogP) is -0.181. The Hall–Kier alpha value is -2.15. The number of carboxylic acids is 1. The summed E-state index contributed by atoms with van der Waals surface area (Å²) >= 11 is 0. The van der Waals surface area contributed by atoms with Crippen molar-refractivity contribution in [1.82, 2.24) is 10.3 Å². The van der Waals surface area contributed by atoms with Crippen LogP contribution in [0, 0.1) is 0 Å². The molecule has 1 atom stereocenters. The third kappa shape index (κ3) is 3.30. The van der Waals surface area contributed by atoms with Crippen LogP contribution in [0.25, 0.3) is 0 Å². The van der Waals surface area contributed by atoms with E-state index in [2.05, 4.69) is 10.3 Å². The summed E-state index contributed by atoms with van der Waals surface area (Å²) in [5.74, 6) is -2.13. The second-order valence-corrected chi connectivity index (χ2v) is 5.48. The number of carbonyl (C=O) groups excluding carboxylic acids is 1. The lowest BCUT2D eigenvalue weighted by atomic mass is 9.95. The minimum absolute atomic E-state index is 0.0585. The average molecular weight is 294 g/mol. The monoisotopic (exact) mass is 294 g/mol. The summed E-state index contributed by atoms with van der Waals surface area (Å²) in [6.45, 7) is 0.602. The van der Waals surface area contributed by atoms with E-state index in [-0.39, 0.29) is 5.56 Å². The van der Waals surface area contributed by atoms with Crippen molar-refractivity contribution in [2.45, 2.75) is 38.2 Å². The molecule has 2 rings (SSSR count). The number of rotatable bonds is 4. The van der Waals surface area contributed by atoms with Crippen LogP contribution in [0.1, 0.15) is 41.4 Å². The molecule has 0 saturated carbocycles. The number of nitrogens with one attached hydrogen (secondary N) is 2. The Kier molecular flexibility index (Phi) is 4.13. The van der Waals surface area contributed by atoms with Gasteiger partial charge in [-0.25, -0.2) is 4.79 Å². The summed E-state index contributed by atoms with van der Waals surface area (Å²) < 4.78 is 0. The first kappa shape index (κ1) is 15.2. The molecular weight excluding hydrogens is 276 g/mol. The van der Waals surface area contributed by atoms with Crippen LogP contribution in [0.2, 0.25) is 0 Å². The predicted molar refractivity (Wildman–Crippen MR) is 74.3 cm³/mol. The second-order valence-electron chi connectivity index (χ2n) is 5.48. The van der Waals surface area contributed by atoms with Gasteiger partial charge >= 0.3 is 5.97 Å². The molecule has 1 unspecified atom stereocenters. The van der Waals surface area contributed by atoms with Gasteiger partial charge in [0.2, 0.25) is 0 Å². The maximum atomic E-state index is 12.0. The highest BCUT2D eigenvalue weighted by atomic mass is 16.4. The summed E-state index contributed by atoms with van der Waals surface area (Å²) in [7, 11) is 0. The van der Waals surface area contributed by atoms with E-state index in [4.69, 9.17) is 5.11 Å². The number of hydrogen-bond acceptors (Lipinski definition) is 4. The van der Waals surface area contributed by atoms with Crippen LogP contribution in [0.15, 0.2) is 10.9 Å².